The third-order valence-corrected chi connectivity index (χ3v) is 13.5. The van der Waals surface area contributed by atoms with Crippen LogP contribution in [-0.4, -0.2) is 61.7 Å². The van der Waals surface area contributed by atoms with E-state index >= 15 is 0 Å². The summed E-state index contributed by atoms with van der Waals surface area (Å²) in [7, 11) is -0.495. The van der Waals surface area contributed by atoms with Gasteiger partial charge in [0.05, 0.1) is 0 Å². The summed E-state index contributed by atoms with van der Waals surface area (Å²) in [6, 6.07) is 0. The fraction of sp³-hybridized carbons (Fsp3) is 1.00. The monoisotopic (exact) mass is 789 g/mol. The van der Waals surface area contributed by atoms with Crippen molar-refractivity contribution in [2.45, 2.75) is 233 Å². The van der Waals surface area contributed by atoms with Gasteiger partial charge in [-0.2, -0.15) is 35.3 Å². The molecular weight excluding hydrogens is 696 g/mol. The van der Waals surface area contributed by atoms with Gasteiger partial charge in [-0.15, -0.1) is 0 Å². The van der Waals surface area contributed by atoms with Gasteiger partial charge in [0, 0.05) is 19.8 Å². The number of unbranched alkanes of at least 4 members (excludes halogenated alkanes) is 27. The lowest BCUT2D eigenvalue weighted by molar-refractivity contribution is 0.0940. The smallest absolute Gasteiger partial charge is 0.386 e. The van der Waals surface area contributed by atoms with Crippen molar-refractivity contribution in [3.63, 3.8) is 0 Å². The number of hydrogen-bond acceptors (Lipinski definition) is 6. The van der Waals surface area contributed by atoms with E-state index in [1.165, 1.54) is 227 Å². The van der Waals surface area contributed by atoms with Crippen LogP contribution in [0.4, 0.5) is 0 Å². The van der Waals surface area contributed by atoms with Crippen LogP contribution >= 0.6 is 35.3 Å². The van der Waals surface area contributed by atoms with Gasteiger partial charge in [-0.05, 0) is 73.0 Å². The van der Waals surface area contributed by atoms with Gasteiger partial charge in [0.15, 0.2) is 0 Å². The van der Waals surface area contributed by atoms with Gasteiger partial charge in [0.1, 0.15) is 0 Å². The first-order valence-corrected chi connectivity index (χ1v) is 26.9. The predicted octanol–water partition coefficient (Wildman–Crippen LogP) is 16.2. The maximum Gasteiger partial charge on any atom is 0.639 e. The van der Waals surface area contributed by atoms with E-state index in [0.29, 0.717) is 0 Å². The second-order valence-corrected chi connectivity index (χ2v) is 19.0. The van der Waals surface area contributed by atoms with Gasteiger partial charge < -0.3 is 14.0 Å². The lowest BCUT2D eigenvalue weighted by atomic mass is 10.1. The average Bonchev–Trinajstić information content (AvgIpc) is 3.15. The second-order valence-electron chi connectivity index (χ2n) is 15.3. The molecule has 0 rings (SSSR count). The van der Waals surface area contributed by atoms with Crippen molar-refractivity contribution in [3.8, 4) is 0 Å². The van der Waals surface area contributed by atoms with Crippen LogP contribution in [-0.2, 0) is 14.0 Å². The van der Waals surface area contributed by atoms with Crippen molar-refractivity contribution in [2.75, 3.05) is 54.3 Å². The van der Waals surface area contributed by atoms with Gasteiger partial charge in [-0.1, -0.05) is 194 Å². The molecule has 0 saturated carbocycles. The van der Waals surface area contributed by atoms with Crippen molar-refractivity contribution >= 4 is 42.6 Å². The number of rotatable bonds is 48. The van der Waals surface area contributed by atoms with E-state index in [-0.39, 0.29) is 0 Å². The van der Waals surface area contributed by atoms with Crippen LogP contribution in [0, 0.1) is 0 Å². The summed E-state index contributed by atoms with van der Waals surface area (Å²) >= 11 is 6.28. The Morgan fingerprint density at radius 3 is 0.673 bits per heavy atom. The van der Waals surface area contributed by atoms with E-state index in [4.69, 9.17) is 14.0 Å². The molecule has 0 aliphatic heterocycles. The number of hydrogen-bond donors (Lipinski definition) is 0. The normalized spacial score (nSPS) is 11.6. The molecule has 312 valence electrons. The Bertz CT molecular complexity index is 538. The van der Waals surface area contributed by atoms with Gasteiger partial charge in [-0.25, -0.2) is 0 Å². The molecule has 0 spiro atoms. The Morgan fingerprint density at radius 1 is 0.250 bits per heavy atom. The van der Waals surface area contributed by atoms with Crippen LogP contribution in [0.2, 0.25) is 0 Å². The third-order valence-electron chi connectivity index (χ3n) is 9.99. The molecule has 0 aliphatic rings. The molecule has 0 heterocycles. The van der Waals surface area contributed by atoms with Crippen LogP contribution in [0.25, 0.3) is 0 Å². The van der Waals surface area contributed by atoms with Gasteiger partial charge in [0.2, 0.25) is 0 Å². The molecule has 0 atom stereocenters. The summed E-state index contributed by atoms with van der Waals surface area (Å²) in [5.41, 5.74) is 0. The number of thioether (sulfide) groups is 3. The van der Waals surface area contributed by atoms with Crippen LogP contribution < -0.4 is 0 Å². The third kappa shape index (κ3) is 47.1. The maximum absolute atomic E-state index is 6.12. The lowest BCUT2D eigenvalue weighted by Gasteiger charge is -2.15. The molecule has 0 bridgehead atoms. The largest absolute Gasteiger partial charge is 0.639 e. The Balaban J connectivity index is 3.94. The molecule has 0 aromatic rings. The molecule has 0 aromatic carbocycles. The Labute approximate surface area is 341 Å². The van der Waals surface area contributed by atoms with Crippen LogP contribution in [0.5, 0.6) is 0 Å². The highest BCUT2D eigenvalue weighted by Crippen LogP contribution is 2.16. The van der Waals surface area contributed by atoms with E-state index < -0.39 is 7.32 Å². The van der Waals surface area contributed by atoms with E-state index in [2.05, 4.69) is 56.1 Å². The molecular formula is C45H93BO3S3. The fourth-order valence-corrected chi connectivity index (χ4v) is 9.35. The minimum atomic E-state index is -0.495. The van der Waals surface area contributed by atoms with Crippen LogP contribution in [0.1, 0.15) is 233 Å². The first kappa shape index (κ1) is 53.0. The van der Waals surface area contributed by atoms with Crippen LogP contribution in [0.15, 0.2) is 0 Å². The zero-order valence-corrected chi connectivity index (χ0v) is 38.2. The molecule has 52 heavy (non-hydrogen) atoms. The zero-order chi connectivity index (χ0) is 37.5. The topological polar surface area (TPSA) is 27.7 Å². The van der Waals surface area contributed by atoms with Gasteiger partial charge in [-0.3, -0.25) is 0 Å². The van der Waals surface area contributed by atoms with Crippen molar-refractivity contribution < 1.29 is 14.0 Å². The molecule has 0 fully saturated rings. The summed E-state index contributed by atoms with van der Waals surface area (Å²) in [4.78, 5) is 0. The van der Waals surface area contributed by atoms with E-state index in [1.54, 1.807) is 0 Å². The van der Waals surface area contributed by atoms with E-state index in [9.17, 15) is 0 Å². The first-order valence-electron chi connectivity index (χ1n) is 23.4. The molecule has 3 nitrogen and oxygen atoms in total. The van der Waals surface area contributed by atoms with Gasteiger partial charge >= 0.3 is 7.32 Å². The molecule has 0 aliphatic carbocycles. The Morgan fingerprint density at radius 2 is 0.442 bits per heavy atom. The molecule has 7 heteroatoms. The highest BCUT2D eigenvalue weighted by molar-refractivity contribution is 7.99. The summed E-state index contributed by atoms with van der Waals surface area (Å²) in [6.45, 7) is 9.10. The highest BCUT2D eigenvalue weighted by atomic mass is 32.2. The minimum Gasteiger partial charge on any atom is -0.386 e. The Kier molecular flexibility index (Phi) is 51.0. The maximum atomic E-state index is 6.12. The predicted molar refractivity (Wildman–Crippen MR) is 245 cm³/mol. The fourth-order valence-electron chi connectivity index (χ4n) is 6.55. The Hall–Kier alpha value is 0.995. The van der Waals surface area contributed by atoms with Crippen molar-refractivity contribution in [1.29, 1.82) is 0 Å². The second kappa shape index (κ2) is 50.0. The van der Waals surface area contributed by atoms with Crippen molar-refractivity contribution in [1.82, 2.24) is 0 Å². The first-order chi connectivity index (χ1) is 25.8. The summed E-state index contributed by atoms with van der Waals surface area (Å²) in [6.07, 6.45) is 45.7. The van der Waals surface area contributed by atoms with Gasteiger partial charge in [0.25, 0.3) is 0 Å². The standard InChI is InChI=1S/C45H93BO3S3/c1-4-7-10-13-16-19-22-25-28-31-40-50-43-34-37-47-46(48-38-35-44-51-41-32-29-26-23-20-17-14-11-8-5-2)49-39-36-45-52-42-33-30-27-24-21-18-15-12-9-6-3/h4-45H2,1-3H3. The summed E-state index contributed by atoms with van der Waals surface area (Å²) in [5, 5.41) is 0. The van der Waals surface area contributed by atoms with Crippen molar-refractivity contribution in [2.24, 2.45) is 0 Å². The lowest BCUT2D eigenvalue weighted by Crippen LogP contribution is -2.29. The summed E-state index contributed by atoms with van der Waals surface area (Å²) in [5.74, 6) is 7.40. The molecule has 0 saturated heterocycles. The van der Waals surface area contributed by atoms with Crippen LogP contribution in [0.3, 0.4) is 0 Å². The molecule has 0 radical (unpaired) electrons. The molecule has 0 amide bonds. The molecule has 0 aromatic heterocycles. The summed E-state index contributed by atoms with van der Waals surface area (Å²) < 4.78 is 18.3. The zero-order valence-electron chi connectivity index (χ0n) is 35.7. The van der Waals surface area contributed by atoms with E-state index in [0.717, 1.165) is 39.1 Å². The highest BCUT2D eigenvalue weighted by Gasteiger charge is 2.20. The average molecular weight is 789 g/mol. The minimum absolute atomic E-state index is 0.495. The molecule has 0 unspecified atom stereocenters. The SMILES string of the molecule is CCCCCCCCCCCCSCCCOB(OCCCSCCCCCCCCCCCC)OCCCSCCCCCCCCCCCC. The van der Waals surface area contributed by atoms with Crippen molar-refractivity contribution in [3.05, 3.63) is 0 Å². The molecule has 0 N–H and O–H groups in total. The quantitative estimate of drug-likeness (QED) is 0.0450. The van der Waals surface area contributed by atoms with E-state index in [1.807, 2.05) is 0 Å².